The van der Waals surface area contributed by atoms with E-state index >= 15 is 0 Å². The van der Waals surface area contributed by atoms with Crippen molar-refractivity contribution < 1.29 is 9.90 Å². The van der Waals surface area contributed by atoms with Gasteiger partial charge in [-0.1, -0.05) is 45.4 Å². The summed E-state index contributed by atoms with van der Waals surface area (Å²) in [5.41, 5.74) is 0. The molecule has 1 N–H and O–H groups in total. The Morgan fingerprint density at radius 1 is 1.13 bits per heavy atom. The molecular formula is C13H24O2. The molecule has 0 radical (unpaired) electrons. The lowest BCUT2D eigenvalue weighted by atomic mass is 10.1. The zero-order valence-corrected chi connectivity index (χ0v) is 9.87. The first kappa shape index (κ1) is 12.5. The van der Waals surface area contributed by atoms with E-state index in [0.717, 1.165) is 18.3 Å². The van der Waals surface area contributed by atoms with Crippen molar-refractivity contribution >= 4 is 5.97 Å². The molecule has 0 unspecified atom stereocenters. The molecule has 0 saturated heterocycles. The topological polar surface area (TPSA) is 37.3 Å². The molecular weight excluding hydrogens is 188 g/mol. The molecule has 0 aliphatic heterocycles. The molecule has 2 atom stereocenters. The highest BCUT2D eigenvalue weighted by molar-refractivity contribution is 5.66. The molecule has 0 aromatic carbocycles. The van der Waals surface area contributed by atoms with Crippen LogP contribution in [0.3, 0.4) is 0 Å². The number of carboxylic acids is 1. The second-order valence-electron chi connectivity index (χ2n) is 4.89. The van der Waals surface area contributed by atoms with Gasteiger partial charge in [-0.25, -0.2) is 0 Å². The van der Waals surface area contributed by atoms with E-state index in [2.05, 4.69) is 6.92 Å². The van der Waals surface area contributed by atoms with Crippen LogP contribution in [0.1, 0.15) is 64.7 Å². The van der Waals surface area contributed by atoms with Crippen LogP contribution < -0.4 is 0 Å². The summed E-state index contributed by atoms with van der Waals surface area (Å²) in [6.45, 7) is 2.24. The molecule has 1 saturated carbocycles. The van der Waals surface area contributed by atoms with Crippen LogP contribution in [0.25, 0.3) is 0 Å². The lowest BCUT2D eigenvalue weighted by Crippen LogP contribution is -1.95. The van der Waals surface area contributed by atoms with Crippen molar-refractivity contribution in [2.75, 3.05) is 0 Å². The SMILES string of the molecule is CCCCCCC[C@H]1C[C@H]1CCC(=O)O. The van der Waals surface area contributed by atoms with Gasteiger partial charge >= 0.3 is 5.97 Å². The quantitative estimate of drug-likeness (QED) is 0.589. The lowest BCUT2D eigenvalue weighted by Gasteiger charge is -2.00. The van der Waals surface area contributed by atoms with E-state index in [4.69, 9.17) is 5.11 Å². The van der Waals surface area contributed by atoms with Crippen LogP contribution in [0.4, 0.5) is 0 Å². The van der Waals surface area contributed by atoms with E-state index in [9.17, 15) is 4.79 Å². The Morgan fingerprint density at radius 3 is 2.47 bits per heavy atom. The molecule has 1 rings (SSSR count). The van der Waals surface area contributed by atoms with Gasteiger partial charge < -0.3 is 5.11 Å². The molecule has 0 bridgehead atoms. The highest BCUT2D eigenvalue weighted by atomic mass is 16.4. The Morgan fingerprint density at radius 2 is 1.80 bits per heavy atom. The average Bonchev–Trinajstić information content (AvgIpc) is 2.93. The summed E-state index contributed by atoms with van der Waals surface area (Å²) >= 11 is 0. The largest absolute Gasteiger partial charge is 0.481 e. The fraction of sp³-hybridized carbons (Fsp3) is 0.923. The molecule has 1 aliphatic carbocycles. The predicted molar refractivity (Wildman–Crippen MR) is 61.8 cm³/mol. The van der Waals surface area contributed by atoms with E-state index in [1.807, 2.05) is 0 Å². The van der Waals surface area contributed by atoms with Gasteiger partial charge in [-0.05, 0) is 24.7 Å². The average molecular weight is 212 g/mol. The van der Waals surface area contributed by atoms with Gasteiger partial charge in [-0.15, -0.1) is 0 Å². The van der Waals surface area contributed by atoms with Gasteiger partial charge in [0.05, 0.1) is 0 Å². The summed E-state index contributed by atoms with van der Waals surface area (Å²) in [6.07, 6.45) is 10.7. The lowest BCUT2D eigenvalue weighted by molar-refractivity contribution is -0.137. The van der Waals surface area contributed by atoms with Crippen LogP contribution >= 0.6 is 0 Å². The molecule has 0 heterocycles. The number of aliphatic carboxylic acids is 1. The number of unbranched alkanes of at least 4 members (excludes halogenated alkanes) is 4. The molecule has 0 spiro atoms. The first-order valence-electron chi connectivity index (χ1n) is 6.45. The van der Waals surface area contributed by atoms with E-state index in [-0.39, 0.29) is 0 Å². The third-order valence-corrected chi connectivity index (χ3v) is 3.48. The van der Waals surface area contributed by atoms with Gasteiger partial charge in [-0.3, -0.25) is 4.79 Å². The van der Waals surface area contributed by atoms with Gasteiger partial charge in [0.15, 0.2) is 0 Å². The minimum atomic E-state index is -0.636. The van der Waals surface area contributed by atoms with Crippen molar-refractivity contribution in [2.45, 2.75) is 64.7 Å². The van der Waals surface area contributed by atoms with Crippen molar-refractivity contribution in [2.24, 2.45) is 11.8 Å². The Kier molecular flexibility index (Phi) is 5.74. The first-order chi connectivity index (χ1) is 7.24. The fourth-order valence-electron chi connectivity index (χ4n) is 2.34. The van der Waals surface area contributed by atoms with Crippen LogP contribution in [0, 0.1) is 11.8 Å². The standard InChI is InChI=1S/C13H24O2/c1-2-3-4-5-6-7-11-10-12(11)8-9-13(14)15/h11-12H,2-10H2,1H3,(H,14,15)/t11-,12+/m0/s1. The minimum Gasteiger partial charge on any atom is -0.481 e. The van der Waals surface area contributed by atoms with Crippen molar-refractivity contribution in [3.8, 4) is 0 Å². The number of hydrogen-bond donors (Lipinski definition) is 1. The van der Waals surface area contributed by atoms with Crippen molar-refractivity contribution in [3.63, 3.8) is 0 Å². The van der Waals surface area contributed by atoms with E-state index in [0.29, 0.717) is 6.42 Å². The molecule has 1 aliphatic rings. The van der Waals surface area contributed by atoms with E-state index in [1.54, 1.807) is 0 Å². The predicted octanol–water partition coefficient (Wildman–Crippen LogP) is 3.85. The summed E-state index contributed by atoms with van der Waals surface area (Å²) in [6, 6.07) is 0. The summed E-state index contributed by atoms with van der Waals surface area (Å²) in [5, 5.41) is 8.55. The number of carboxylic acid groups (broad SMARTS) is 1. The van der Waals surface area contributed by atoms with Crippen LogP contribution in [0.2, 0.25) is 0 Å². The van der Waals surface area contributed by atoms with Gasteiger partial charge in [0.25, 0.3) is 0 Å². The van der Waals surface area contributed by atoms with Gasteiger partial charge in [0.2, 0.25) is 0 Å². The van der Waals surface area contributed by atoms with Crippen LogP contribution in [-0.4, -0.2) is 11.1 Å². The normalized spacial score (nSPS) is 24.1. The second kappa shape index (κ2) is 6.86. The van der Waals surface area contributed by atoms with Crippen LogP contribution in [0.15, 0.2) is 0 Å². The highest BCUT2D eigenvalue weighted by Crippen LogP contribution is 2.45. The number of hydrogen-bond acceptors (Lipinski definition) is 1. The zero-order chi connectivity index (χ0) is 11.1. The van der Waals surface area contributed by atoms with Crippen molar-refractivity contribution in [1.29, 1.82) is 0 Å². The third-order valence-electron chi connectivity index (χ3n) is 3.48. The number of carbonyl (C=O) groups is 1. The Bertz CT molecular complexity index is 189. The van der Waals surface area contributed by atoms with Crippen LogP contribution in [-0.2, 0) is 4.79 Å². The van der Waals surface area contributed by atoms with Crippen molar-refractivity contribution in [3.05, 3.63) is 0 Å². The van der Waals surface area contributed by atoms with Gasteiger partial charge in [-0.2, -0.15) is 0 Å². The number of rotatable bonds is 9. The Balaban J connectivity index is 1.86. The third kappa shape index (κ3) is 5.81. The monoisotopic (exact) mass is 212 g/mol. The molecule has 0 aromatic heterocycles. The Labute approximate surface area is 93.1 Å². The minimum absolute atomic E-state index is 0.372. The molecule has 0 aromatic rings. The fourth-order valence-corrected chi connectivity index (χ4v) is 2.34. The molecule has 2 heteroatoms. The molecule has 0 amide bonds. The first-order valence-corrected chi connectivity index (χ1v) is 6.45. The molecule has 88 valence electrons. The highest BCUT2D eigenvalue weighted by Gasteiger charge is 2.35. The summed E-state index contributed by atoms with van der Waals surface area (Å²) < 4.78 is 0. The van der Waals surface area contributed by atoms with E-state index < -0.39 is 5.97 Å². The zero-order valence-electron chi connectivity index (χ0n) is 9.87. The van der Waals surface area contributed by atoms with Gasteiger partial charge in [0, 0.05) is 6.42 Å². The smallest absolute Gasteiger partial charge is 0.303 e. The summed E-state index contributed by atoms with van der Waals surface area (Å²) in [7, 11) is 0. The summed E-state index contributed by atoms with van der Waals surface area (Å²) in [4.78, 5) is 10.4. The maximum absolute atomic E-state index is 10.4. The van der Waals surface area contributed by atoms with E-state index in [1.165, 1.54) is 44.9 Å². The summed E-state index contributed by atoms with van der Waals surface area (Å²) in [5.74, 6) is 0.974. The van der Waals surface area contributed by atoms with Gasteiger partial charge in [0.1, 0.15) is 0 Å². The molecule has 2 nitrogen and oxygen atoms in total. The van der Waals surface area contributed by atoms with Crippen molar-refractivity contribution in [1.82, 2.24) is 0 Å². The van der Waals surface area contributed by atoms with Crippen LogP contribution in [0.5, 0.6) is 0 Å². The Hall–Kier alpha value is -0.530. The maximum Gasteiger partial charge on any atom is 0.303 e. The molecule has 15 heavy (non-hydrogen) atoms. The maximum atomic E-state index is 10.4. The molecule has 1 fully saturated rings. The second-order valence-corrected chi connectivity index (χ2v) is 4.89.